The second kappa shape index (κ2) is 7.14. The fourth-order valence-electron chi connectivity index (χ4n) is 6.05. The van der Waals surface area contributed by atoms with Gasteiger partial charge in [-0.2, -0.15) is 0 Å². The number of ether oxygens (including phenoxy) is 2. The van der Waals surface area contributed by atoms with Gasteiger partial charge in [0.15, 0.2) is 11.5 Å². The molecular weight excluding hydrogens is 416 g/mol. The van der Waals surface area contributed by atoms with E-state index >= 15 is 0 Å². The van der Waals surface area contributed by atoms with Gasteiger partial charge in [-0.15, -0.1) is 0 Å². The fraction of sp³-hybridized carbons (Fsp3) is 0.667. The van der Waals surface area contributed by atoms with Crippen LogP contribution in [-0.4, -0.2) is 48.6 Å². The third-order valence-corrected chi connectivity index (χ3v) is 7.97. The van der Waals surface area contributed by atoms with E-state index in [1.165, 1.54) is 0 Å². The zero-order valence-corrected chi connectivity index (χ0v) is 18.9. The van der Waals surface area contributed by atoms with Gasteiger partial charge >= 0.3 is 0 Å². The predicted molar refractivity (Wildman–Crippen MR) is 116 cm³/mol. The number of fused-ring (bicyclic) bond motifs is 3. The summed E-state index contributed by atoms with van der Waals surface area (Å²) in [4.78, 5) is 20.5. The van der Waals surface area contributed by atoms with Crippen LogP contribution in [0.4, 0.5) is 8.78 Å². The molecule has 2 fully saturated rings. The lowest BCUT2D eigenvalue weighted by Gasteiger charge is -2.45. The van der Waals surface area contributed by atoms with E-state index < -0.39 is 17.4 Å². The molecule has 174 valence electrons. The molecule has 0 aromatic heterocycles. The summed E-state index contributed by atoms with van der Waals surface area (Å²) in [6, 6.07) is 5.51. The molecule has 1 aromatic carbocycles. The van der Waals surface area contributed by atoms with E-state index in [1.54, 1.807) is 12.0 Å². The number of amides is 1. The second-order valence-electron chi connectivity index (χ2n) is 10.1. The number of carbonyl (C=O) groups excluding carboxylic acids is 1. The van der Waals surface area contributed by atoms with Crippen LogP contribution in [0.15, 0.2) is 23.2 Å². The molecule has 2 unspecified atom stereocenters. The SMILES string of the molecule is COC1CCC2(CC1)Cc1ccc(OCC3CC3(F)F)cc1C21N=C(N)N(C(C)C)C1=O. The minimum atomic E-state index is -2.63. The number of hydrogen-bond acceptors (Lipinski definition) is 5. The molecule has 6 nitrogen and oxygen atoms in total. The van der Waals surface area contributed by atoms with Crippen molar-refractivity contribution >= 4 is 11.9 Å². The molecule has 2 atom stereocenters. The molecule has 1 aliphatic heterocycles. The van der Waals surface area contributed by atoms with Gasteiger partial charge in [-0.1, -0.05) is 6.07 Å². The van der Waals surface area contributed by atoms with Crippen LogP contribution in [0, 0.1) is 11.3 Å². The first-order valence-electron chi connectivity index (χ1n) is 11.5. The molecule has 0 saturated heterocycles. The number of aliphatic imine (C=N–C) groups is 1. The standard InChI is InChI=1S/C24H31F2N3O3/c1-14(2)29-20(30)24(28-21(29)27)19-10-18(32-13-16-12-23(16,25)26)5-4-15(19)11-22(24)8-6-17(31-3)7-9-22/h4-5,10,14,16-17H,6-9,11-13H2,1-3H3,(H2,27,28). The summed E-state index contributed by atoms with van der Waals surface area (Å²) in [6.45, 7) is 3.83. The first kappa shape index (κ1) is 21.6. The highest BCUT2D eigenvalue weighted by atomic mass is 19.3. The Morgan fingerprint density at radius 3 is 2.53 bits per heavy atom. The van der Waals surface area contributed by atoms with Crippen LogP contribution in [-0.2, 0) is 21.5 Å². The van der Waals surface area contributed by atoms with Crippen LogP contribution in [0.5, 0.6) is 5.75 Å². The van der Waals surface area contributed by atoms with Gasteiger partial charge < -0.3 is 15.2 Å². The Hall–Kier alpha value is -2.22. The number of rotatable bonds is 5. The zero-order valence-electron chi connectivity index (χ0n) is 18.9. The minimum Gasteiger partial charge on any atom is -0.493 e. The second-order valence-corrected chi connectivity index (χ2v) is 10.1. The Labute approximate surface area is 187 Å². The van der Waals surface area contributed by atoms with Crippen LogP contribution in [0.1, 0.15) is 57.1 Å². The van der Waals surface area contributed by atoms with Crippen molar-refractivity contribution in [3.63, 3.8) is 0 Å². The number of nitrogens with two attached hydrogens (primary N) is 1. The largest absolute Gasteiger partial charge is 0.493 e. The molecule has 32 heavy (non-hydrogen) atoms. The van der Waals surface area contributed by atoms with E-state index in [9.17, 15) is 13.6 Å². The van der Waals surface area contributed by atoms with Crippen molar-refractivity contribution in [1.82, 2.24) is 4.90 Å². The summed E-state index contributed by atoms with van der Waals surface area (Å²) < 4.78 is 37.9. The Kier molecular flexibility index (Phi) is 4.82. The smallest absolute Gasteiger partial charge is 0.262 e. The minimum absolute atomic E-state index is 0.0308. The molecule has 2 N–H and O–H groups in total. The lowest BCUT2D eigenvalue weighted by molar-refractivity contribution is -0.139. The van der Waals surface area contributed by atoms with E-state index in [-0.39, 0.29) is 42.5 Å². The van der Waals surface area contributed by atoms with Crippen LogP contribution in [0.25, 0.3) is 0 Å². The van der Waals surface area contributed by atoms with Crippen molar-refractivity contribution in [1.29, 1.82) is 0 Å². The molecule has 4 aliphatic rings. The maximum Gasteiger partial charge on any atom is 0.262 e. The summed E-state index contributed by atoms with van der Waals surface area (Å²) in [5, 5.41) is 0. The molecular formula is C24H31F2N3O3. The number of halogens is 2. The molecule has 5 rings (SSSR count). The Bertz CT molecular complexity index is 971. The average molecular weight is 448 g/mol. The van der Waals surface area contributed by atoms with Crippen molar-refractivity contribution in [2.75, 3.05) is 13.7 Å². The van der Waals surface area contributed by atoms with E-state index in [1.807, 2.05) is 32.0 Å². The molecule has 3 aliphatic carbocycles. The van der Waals surface area contributed by atoms with Crippen LogP contribution in [0.3, 0.4) is 0 Å². The number of nitrogens with zero attached hydrogens (tertiary/aromatic N) is 2. The molecule has 2 saturated carbocycles. The molecule has 1 aromatic rings. The van der Waals surface area contributed by atoms with Gasteiger partial charge in [-0.3, -0.25) is 9.69 Å². The van der Waals surface area contributed by atoms with Gasteiger partial charge in [-0.05, 0) is 69.2 Å². The maximum absolute atomic E-state index is 14.0. The van der Waals surface area contributed by atoms with E-state index in [2.05, 4.69) is 0 Å². The number of hydrogen-bond donors (Lipinski definition) is 1. The lowest BCUT2D eigenvalue weighted by atomic mass is 9.61. The average Bonchev–Trinajstić information content (AvgIpc) is 3.14. The van der Waals surface area contributed by atoms with E-state index in [4.69, 9.17) is 20.2 Å². The van der Waals surface area contributed by atoms with Crippen molar-refractivity contribution in [3.05, 3.63) is 29.3 Å². The molecule has 0 bridgehead atoms. The molecule has 0 radical (unpaired) electrons. The highest BCUT2D eigenvalue weighted by Crippen LogP contribution is 2.62. The predicted octanol–water partition coefficient (Wildman–Crippen LogP) is 3.61. The first-order chi connectivity index (χ1) is 15.1. The van der Waals surface area contributed by atoms with Crippen LogP contribution in [0.2, 0.25) is 0 Å². The summed E-state index contributed by atoms with van der Waals surface area (Å²) in [7, 11) is 1.73. The maximum atomic E-state index is 14.0. The third-order valence-electron chi connectivity index (χ3n) is 7.97. The van der Waals surface area contributed by atoms with Crippen molar-refractivity contribution in [2.24, 2.45) is 22.1 Å². The number of benzene rings is 1. The Morgan fingerprint density at radius 2 is 1.97 bits per heavy atom. The monoisotopic (exact) mass is 447 g/mol. The van der Waals surface area contributed by atoms with Gasteiger partial charge in [0, 0.05) is 25.0 Å². The zero-order chi connectivity index (χ0) is 22.9. The quantitative estimate of drug-likeness (QED) is 0.748. The topological polar surface area (TPSA) is 77.2 Å². The van der Waals surface area contributed by atoms with Crippen LogP contribution < -0.4 is 10.5 Å². The van der Waals surface area contributed by atoms with Crippen molar-refractivity contribution in [2.45, 2.75) is 76.0 Å². The van der Waals surface area contributed by atoms with Gasteiger partial charge in [0.05, 0.1) is 18.6 Å². The van der Waals surface area contributed by atoms with Crippen molar-refractivity contribution in [3.8, 4) is 5.75 Å². The van der Waals surface area contributed by atoms with Gasteiger partial charge in [0.1, 0.15) is 5.75 Å². The summed E-state index contributed by atoms with van der Waals surface area (Å²) >= 11 is 0. The number of methoxy groups -OCH3 is 1. The molecule has 8 heteroatoms. The number of carbonyl (C=O) groups is 1. The molecule has 1 heterocycles. The molecule has 1 amide bonds. The summed E-state index contributed by atoms with van der Waals surface area (Å²) in [6.07, 6.45) is 4.10. The fourth-order valence-corrected chi connectivity index (χ4v) is 6.05. The van der Waals surface area contributed by atoms with E-state index in [0.29, 0.717) is 5.75 Å². The van der Waals surface area contributed by atoms with Gasteiger partial charge in [-0.25, -0.2) is 13.8 Å². The highest BCUT2D eigenvalue weighted by Gasteiger charge is 2.67. The Balaban J connectivity index is 1.54. The lowest BCUT2D eigenvalue weighted by Crippen LogP contribution is -2.53. The first-order valence-corrected chi connectivity index (χ1v) is 11.5. The molecule has 2 spiro atoms. The third kappa shape index (κ3) is 2.98. The van der Waals surface area contributed by atoms with E-state index in [0.717, 1.165) is 43.2 Å². The summed E-state index contributed by atoms with van der Waals surface area (Å²) in [5.41, 5.74) is 6.71. The normalized spacial score (nSPS) is 35.0. The number of alkyl halides is 2. The van der Waals surface area contributed by atoms with Crippen molar-refractivity contribution < 1.29 is 23.0 Å². The van der Waals surface area contributed by atoms with Crippen LogP contribution >= 0.6 is 0 Å². The summed E-state index contributed by atoms with van der Waals surface area (Å²) in [5.74, 6) is -2.71. The van der Waals surface area contributed by atoms with Gasteiger partial charge in [0.25, 0.3) is 11.8 Å². The Morgan fingerprint density at radius 1 is 1.28 bits per heavy atom. The number of guanidine groups is 1. The van der Waals surface area contributed by atoms with Gasteiger partial charge in [0.2, 0.25) is 0 Å². The highest BCUT2D eigenvalue weighted by molar-refractivity contribution is 6.08.